The number of imide groups is 1. The molecule has 1 aliphatic rings. The molecule has 1 heterocycles. The molecule has 0 radical (unpaired) electrons. The number of hydrogen-bond donors (Lipinski definition) is 3. The summed E-state index contributed by atoms with van der Waals surface area (Å²) in [6, 6.07) is 12.8. The maximum Gasteiger partial charge on any atom is 0.306 e. The van der Waals surface area contributed by atoms with Crippen molar-refractivity contribution in [1.82, 2.24) is 15.5 Å². The first-order valence-electron chi connectivity index (χ1n) is 12.7. The zero-order chi connectivity index (χ0) is 29.2. The van der Waals surface area contributed by atoms with Crippen molar-refractivity contribution in [1.29, 1.82) is 0 Å². The molecule has 0 aromatic heterocycles. The molecular weight excluding hydrogens is 508 g/mol. The largest absolute Gasteiger partial charge is 0.461 e. The lowest BCUT2D eigenvalue weighted by Crippen LogP contribution is -2.52. The number of nitrogens with two attached hydrogens (primary N) is 1. The topological polar surface area (TPSA) is 174 Å². The first-order valence-corrected chi connectivity index (χ1v) is 12.2. The van der Waals surface area contributed by atoms with E-state index in [1.807, 2.05) is 6.07 Å². The van der Waals surface area contributed by atoms with Crippen LogP contribution < -0.4 is 16.4 Å². The Bertz CT molecular complexity index is 1240. The molecule has 3 rings (SSSR count). The van der Waals surface area contributed by atoms with Crippen molar-refractivity contribution < 1.29 is 39.7 Å². The van der Waals surface area contributed by atoms with E-state index in [2.05, 4.69) is 5.32 Å². The van der Waals surface area contributed by atoms with E-state index in [0.717, 1.165) is 10.5 Å². The highest BCUT2D eigenvalue weighted by atomic mass is 16.5. The summed E-state index contributed by atoms with van der Waals surface area (Å²) in [6.07, 6.45) is -0.326. The van der Waals surface area contributed by atoms with Crippen LogP contribution in [0.15, 0.2) is 54.6 Å². The van der Waals surface area contributed by atoms with Crippen LogP contribution in [-0.4, -0.2) is 72.2 Å². The van der Waals surface area contributed by atoms with E-state index in [-0.39, 0.29) is 32.6 Å². The quantitative estimate of drug-likeness (QED) is 0.175. The smallest absolute Gasteiger partial charge is 0.306 e. The molecule has 0 saturated carbocycles. The number of hydrogen-bond acceptors (Lipinski definition) is 8. The Hall–Kier alpha value is -4.58. The Morgan fingerprint density at radius 1 is 1.00 bits per heavy atom. The van der Waals surface area contributed by atoms with Crippen LogP contribution in [0.4, 0.5) is 0 Å². The average Bonchev–Trinajstić information content (AvgIpc) is 3.20. The number of nitrogens with one attached hydrogen (secondary N) is 2. The summed E-state index contributed by atoms with van der Waals surface area (Å²) in [5.74, 6) is -4.11. The van der Waals surface area contributed by atoms with Crippen LogP contribution >= 0.6 is 0 Å². The van der Waals surface area contributed by atoms with Crippen LogP contribution in [-0.2, 0) is 35.3 Å². The Labute approximate surface area is 226 Å². The molecule has 206 valence electrons. The van der Waals surface area contributed by atoms with Gasteiger partial charge < -0.3 is 25.8 Å². The molecule has 2 atom stereocenters. The van der Waals surface area contributed by atoms with E-state index in [9.17, 15) is 28.8 Å². The van der Waals surface area contributed by atoms with Gasteiger partial charge in [0.05, 0.1) is 24.3 Å². The van der Waals surface area contributed by atoms with Gasteiger partial charge in [-0.2, -0.15) is 0 Å². The van der Waals surface area contributed by atoms with Gasteiger partial charge in [-0.25, -0.2) is 0 Å². The minimum Gasteiger partial charge on any atom is -0.461 e. The third kappa shape index (κ3) is 8.20. The van der Waals surface area contributed by atoms with Gasteiger partial charge in [0, 0.05) is 6.42 Å². The molecule has 0 aliphatic carbocycles. The van der Waals surface area contributed by atoms with Crippen LogP contribution in [0.3, 0.4) is 0 Å². The highest BCUT2D eigenvalue weighted by Crippen LogP contribution is 2.21. The van der Waals surface area contributed by atoms with Gasteiger partial charge >= 0.3 is 5.97 Å². The van der Waals surface area contributed by atoms with Crippen molar-refractivity contribution in [3.63, 3.8) is 0 Å². The number of nitrogens with zero attached hydrogens (tertiary/aromatic N) is 1. The van der Waals surface area contributed by atoms with Crippen molar-refractivity contribution in [2.45, 2.75) is 38.5 Å². The van der Waals surface area contributed by atoms with Gasteiger partial charge in [0.2, 0.25) is 17.7 Å². The zero-order valence-corrected chi connectivity index (χ0v) is 21.3. The number of ether oxygens (including phenoxy) is 2. The fraction of sp³-hybridized carbons (Fsp3) is 0.333. The molecule has 39 heavy (non-hydrogen) atoms. The molecule has 0 unspecified atom stereocenters. The van der Waals surface area contributed by atoms with Gasteiger partial charge in [-0.1, -0.05) is 42.5 Å². The SMILES string of the molecule is [2H]N(C(=O)COCCN1C(=O)c2ccccc2C1=O)[C@@H](C)C(=O)N[C@@H](CCC(=O)OCc1ccccc1)C(N)=O. The molecule has 4 N–H and O–H groups in total. The molecule has 2 aromatic carbocycles. The summed E-state index contributed by atoms with van der Waals surface area (Å²) >= 11 is 0. The second-order valence-corrected chi connectivity index (χ2v) is 8.71. The first-order chi connectivity index (χ1) is 19.1. The van der Waals surface area contributed by atoms with E-state index in [0.29, 0.717) is 16.4 Å². The maximum atomic E-state index is 12.6. The minimum atomic E-state index is -1.32. The van der Waals surface area contributed by atoms with Crippen LogP contribution in [0, 0.1) is 0 Å². The monoisotopic (exact) mass is 539 g/mol. The van der Waals surface area contributed by atoms with E-state index in [4.69, 9.17) is 16.6 Å². The lowest BCUT2D eigenvalue weighted by Gasteiger charge is -2.19. The normalized spacial score (nSPS) is 14.2. The third-order valence-electron chi connectivity index (χ3n) is 5.82. The number of esters is 1. The molecule has 1 aliphatic heterocycles. The standard InChI is InChI=1S/C27H30N4O8/c1-17(25(35)30-21(24(28)34)11-12-23(33)39-15-18-7-3-2-4-8-18)29-22(32)16-38-14-13-31-26(36)19-9-5-6-10-20(19)27(31)37/h2-10,17,21H,11-16H2,1H3,(H2,28,34)(H,29,32)(H,30,35)/t17-,21-/m0/s1/i/hD. The molecule has 0 fully saturated rings. The van der Waals surface area contributed by atoms with Crippen LogP contribution in [0.2, 0.25) is 1.41 Å². The van der Waals surface area contributed by atoms with Crippen molar-refractivity contribution in [3.05, 3.63) is 71.3 Å². The predicted octanol–water partition coefficient (Wildman–Crippen LogP) is 0.298. The van der Waals surface area contributed by atoms with Gasteiger partial charge in [-0.05, 0) is 31.0 Å². The molecular formula is C27H30N4O8. The number of carbonyl (C=O) groups excluding carboxylic acids is 6. The van der Waals surface area contributed by atoms with E-state index >= 15 is 0 Å². The van der Waals surface area contributed by atoms with Crippen molar-refractivity contribution in [3.8, 4) is 0 Å². The maximum absolute atomic E-state index is 12.6. The summed E-state index contributed by atoms with van der Waals surface area (Å²) in [5.41, 5.74) is 6.72. The number of carbonyl (C=O) groups is 6. The third-order valence-corrected chi connectivity index (χ3v) is 5.82. The number of rotatable bonds is 14. The molecule has 0 bridgehead atoms. The molecule has 12 heteroatoms. The van der Waals surface area contributed by atoms with Gasteiger partial charge in [0.15, 0.2) is 1.41 Å². The Kier molecular flexibility index (Phi) is 9.73. The highest BCUT2D eigenvalue weighted by molar-refractivity contribution is 6.21. The van der Waals surface area contributed by atoms with Crippen LogP contribution in [0.5, 0.6) is 0 Å². The Morgan fingerprint density at radius 2 is 1.62 bits per heavy atom. The fourth-order valence-electron chi connectivity index (χ4n) is 3.72. The highest BCUT2D eigenvalue weighted by Gasteiger charge is 2.34. The summed E-state index contributed by atoms with van der Waals surface area (Å²) in [4.78, 5) is 74.5. The van der Waals surface area contributed by atoms with Gasteiger partial charge in [-0.15, -0.1) is 0 Å². The van der Waals surface area contributed by atoms with Crippen LogP contribution in [0.1, 0.15) is 46.0 Å². The minimum absolute atomic E-state index is 0.0561. The summed E-state index contributed by atoms with van der Waals surface area (Å²) in [7, 11) is 0. The number of amides is 5. The summed E-state index contributed by atoms with van der Waals surface area (Å²) < 4.78 is 18.3. The lowest BCUT2D eigenvalue weighted by molar-refractivity contribution is -0.145. The number of benzene rings is 2. The van der Waals surface area contributed by atoms with Crippen molar-refractivity contribution in [2.75, 3.05) is 19.8 Å². The van der Waals surface area contributed by atoms with Crippen molar-refractivity contribution >= 4 is 35.5 Å². The molecule has 0 spiro atoms. The van der Waals surface area contributed by atoms with Gasteiger partial charge in [-0.3, -0.25) is 33.7 Å². The second kappa shape index (κ2) is 13.8. The zero-order valence-electron chi connectivity index (χ0n) is 22.3. The molecule has 0 saturated heterocycles. The first kappa shape index (κ1) is 27.5. The number of fused-ring (bicyclic) bond motifs is 1. The van der Waals surface area contributed by atoms with Gasteiger partial charge in [0.25, 0.3) is 11.8 Å². The Morgan fingerprint density at radius 3 is 2.23 bits per heavy atom. The van der Waals surface area contributed by atoms with E-state index in [1.165, 1.54) is 6.92 Å². The molecule has 2 aromatic rings. The fourth-order valence-corrected chi connectivity index (χ4v) is 3.72. The number of primary amides is 1. The van der Waals surface area contributed by atoms with Gasteiger partial charge in [0.1, 0.15) is 25.3 Å². The molecule has 5 amide bonds. The Balaban J connectivity index is 1.39. The predicted molar refractivity (Wildman–Crippen MR) is 137 cm³/mol. The van der Waals surface area contributed by atoms with Crippen molar-refractivity contribution in [2.24, 2.45) is 5.73 Å². The van der Waals surface area contributed by atoms with E-state index < -0.39 is 54.2 Å². The van der Waals surface area contributed by atoms with Crippen LogP contribution in [0.25, 0.3) is 0 Å². The second-order valence-electron chi connectivity index (χ2n) is 8.71. The molecule has 12 nitrogen and oxygen atoms in total. The lowest BCUT2D eigenvalue weighted by atomic mass is 10.1. The average molecular weight is 540 g/mol. The van der Waals surface area contributed by atoms with E-state index in [1.54, 1.807) is 48.5 Å². The summed E-state index contributed by atoms with van der Waals surface area (Å²) in [5, 5.41) is 2.72. The summed E-state index contributed by atoms with van der Waals surface area (Å²) in [6.45, 7) is 0.486.